The van der Waals surface area contributed by atoms with E-state index in [-0.39, 0.29) is 18.9 Å². The largest absolute Gasteiger partial charge is 0.394 e. The fraction of sp³-hybridized carbons (Fsp3) is 0.625. The maximum Gasteiger partial charge on any atom is 0.288 e. The second-order valence-electron chi connectivity index (χ2n) is 3.53. The molecule has 0 radical (unpaired) electrons. The molecule has 0 bridgehead atoms. The lowest BCUT2D eigenvalue weighted by Gasteiger charge is -2.11. The van der Waals surface area contributed by atoms with Gasteiger partial charge in [-0.15, -0.1) is 5.10 Å². The maximum absolute atomic E-state index is 10.8. The molecule has 1 fully saturated rings. The molecule has 2 rings (SSSR count). The van der Waals surface area contributed by atoms with Crippen molar-refractivity contribution in [3.05, 3.63) is 12.2 Å². The van der Waals surface area contributed by atoms with Crippen LogP contribution in [0.15, 0.2) is 6.33 Å². The molecule has 0 aromatic carbocycles. The summed E-state index contributed by atoms with van der Waals surface area (Å²) in [7, 11) is 0. The van der Waals surface area contributed by atoms with Crippen LogP contribution >= 0.6 is 0 Å². The quantitative estimate of drug-likeness (QED) is 0.550. The average molecular weight is 228 g/mol. The summed E-state index contributed by atoms with van der Waals surface area (Å²) in [5.41, 5.74) is 5.00. The number of carbonyl (C=O) groups is 1. The highest BCUT2D eigenvalue weighted by molar-refractivity contribution is 5.88. The molecule has 0 spiro atoms. The molecule has 16 heavy (non-hydrogen) atoms. The van der Waals surface area contributed by atoms with Crippen molar-refractivity contribution < 1.29 is 19.7 Å². The summed E-state index contributed by atoms with van der Waals surface area (Å²) in [5, 5.41) is 22.2. The Morgan fingerprint density at radius 3 is 3.00 bits per heavy atom. The first-order valence-electron chi connectivity index (χ1n) is 4.77. The topological polar surface area (TPSA) is 123 Å². The van der Waals surface area contributed by atoms with Gasteiger partial charge >= 0.3 is 0 Å². The summed E-state index contributed by atoms with van der Waals surface area (Å²) in [5.74, 6) is -0.832. The van der Waals surface area contributed by atoms with Gasteiger partial charge in [0.15, 0.2) is 6.23 Å². The number of amides is 1. The summed E-state index contributed by atoms with van der Waals surface area (Å²) < 4.78 is 6.61. The number of rotatable bonds is 3. The Hall–Kier alpha value is -1.51. The predicted molar refractivity (Wildman–Crippen MR) is 50.2 cm³/mol. The minimum absolute atomic E-state index is 0.106. The van der Waals surface area contributed by atoms with Gasteiger partial charge in [-0.25, -0.2) is 9.67 Å². The third-order valence-corrected chi connectivity index (χ3v) is 2.41. The zero-order valence-corrected chi connectivity index (χ0v) is 8.35. The molecule has 1 aliphatic rings. The number of ether oxygens (including phenoxy) is 1. The minimum Gasteiger partial charge on any atom is -0.394 e. The average Bonchev–Trinajstić information content (AvgIpc) is 2.83. The van der Waals surface area contributed by atoms with Gasteiger partial charge in [-0.3, -0.25) is 4.79 Å². The molecule has 1 aromatic rings. The van der Waals surface area contributed by atoms with E-state index in [0.29, 0.717) is 0 Å². The minimum atomic E-state index is -0.753. The van der Waals surface area contributed by atoms with Crippen LogP contribution in [0.5, 0.6) is 0 Å². The zero-order valence-electron chi connectivity index (χ0n) is 8.35. The van der Waals surface area contributed by atoms with Crippen LogP contribution in [0.2, 0.25) is 0 Å². The fourth-order valence-electron chi connectivity index (χ4n) is 1.57. The zero-order chi connectivity index (χ0) is 11.7. The highest BCUT2D eigenvalue weighted by Crippen LogP contribution is 2.27. The van der Waals surface area contributed by atoms with Crippen LogP contribution in [0.25, 0.3) is 0 Å². The lowest BCUT2D eigenvalue weighted by Crippen LogP contribution is -2.24. The molecule has 8 heteroatoms. The van der Waals surface area contributed by atoms with Gasteiger partial charge in [-0.1, -0.05) is 0 Å². The molecule has 1 aromatic heterocycles. The van der Waals surface area contributed by atoms with Crippen LogP contribution in [-0.2, 0) is 4.74 Å². The normalized spacial score (nSPS) is 29.5. The van der Waals surface area contributed by atoms with Crippen LogP contribution in [0, 0.1) is 0 Å². The highest BCUT2D eigenvalue weighted by Gasteiger charge is 2.35. The molecule has 3 atom stereocenters. The molecule has 2 heterocycles. The molecule has 1 aliphatic heterocycles. The van der Waals surface area contributed by atoms with E-state index in [1.807, 2.05) is 0 Å². The summed E-state index contributed by atoms with van der Waals surface area (Å²) in [6.07, 6.45) is -0.334. The van der Waals surface area contributed by atoms with E-state index in [9.17, 15) is 9.90 Å². The van der Waals surface area contributed by atoms with Crippen molar-refractivity contribution in [2.24, 2.45) is 5.73 Å². The second-order valence-corrected chi connectivity index (χ2v) is 3.53. The molecule has 88 valence electrons. The smallest absolute Gasteiger partial charge is 0.288 e. The number of nitrogens with zero attached hydrogens (tertiary/aromatic N) is 3. The summed E-state index contributed by atoms with van der Waals surface area (Å²) in [6.45, 7) is -0.269. The molecule has 1 amide bonds. The van der Waals surface area contributed by atoms with Gasteiger partial charge in [-0.2, -0.15) is 0 Å². The first-order valence-corrected chi connectivity index (χ1v) is 4.77. The van der Waals surface area contributed by atoms with Crippen molar-refractivity contribution in [1.82, 2.24) is 14.8 Å². The number of hydrogen-bond donors (Lipinski definition) is 3. The van der Waals surface area contributed by atoms with E-state index < -0.39 is 24.3 Å². The first kappa shape index (κ1) is 11.0. The summed E-state index contributed by atoms with van der Waals surface area (Å²) >= 11 is 0. The molecule has 1 saturated heterocycles. The van der Waals surface area contributed by atoms with Crippen LogP contribution in [0.1, 0.15) is 23.3 Å². The summed E-state index contributed by atoms with van der Waals surface area (Å²) in [4.78, 5) is 14.5. The number of aliphatic hydroxyl groups is 2. The predicted octanol–water partition coefficient (Wildman–Crippen LogP) is -1.98. The number of hydrogen-bond acceptors (Lipinski definition) is 6. The first-order chi connectivity index (χ1) is 7.61. The van der Waals surface area contributed by atoms with E-state index in [1.54, 1.807) is 0 Å². The van der Waals surface area contributed by atoms with Crippen LogP contribution in [0.3, 0.4) is 0 Å². The molecule has 0 saturated carbocycles. The van der Waals surface area contributed by atoms with E-state index in [4.69, 9.17) is 15.6 Å². The van der Waals surface area contributed by atoms with Gasteiger partial charge in [0.05, 0.1) is 12.7 Å². The summed E-state index contributed by atoms with van der Waals surface area (Å²) in [6, 6.07) is 0. The van der Waals surface area contributed by atoms with Crippen LogP contribution in [0.4, 0.5) is 0 Å². The number of primary amides is 1. The highest BCUT2D eigenvalue weighted by atomic mass is 16.5. The van der Waals surface area contributed by atoms with Crippen molar-refractivity contribution in [3.8, 4) is 0 Å². The SMILES string of the molecule is NC(=O)c1ncn([C@H]2C[C@H](O)[C@@H](CO)O2)n1. The van der Waals surface area contributed by atoms with Crippen molar-refractivity contribution in [2.75, 3.05) is 6.61 Å². The lowest BCUT2D eigenvalue weighted by atomic mass is 10.2. The Morgan fingerprint density at radius 2 is 2.50 bits per heavy atom. The van der Waals surface area contributed by atoms with Crippen LogP contribution < -0.4 is 5.73 Å². The van der Waals surface area contributed by atoms with Crippen LogP contribution in [-0.4, -0.2) is 49.7 Å². The Morgan fingerprint density at radius 1 is 1.75 bits per heavy atom. The van der Waals surface area contributed by atoms with Crippen molar-refractivity contribution in [3.63, 3.8) is 0 Å². The lowest BCUT2D eigenvalue weighted by molar-refractivity contribution is -0.0485. The van der Waals surface area contributed by atoms with Gasteiger partial charge in [0.2, 0.25) is 5.82 Å². The second kappa shape index (κ2) is 4.16. The number of aromatic nitrogens is 3. The number of aliphatic hydroxyl groups excluding tert-OH is 2. The van der Waals surface area contributed by atoms with Gasteiger partial charge in [0.1, 0.15) is 12.4 Å². The Labute approximate surface area is 90.6 Å². The standard InChI is InChI=1S/C8H12N4O4/c9-7(15)8-10-3-12(11-8)6-1-4(14)5(2-13)16-6/h3-6,13-14H,1-2H2,(H2,9,15)/t4-,5+,6+/m0/s1. The molecule has 0 aliphatic carbocycles. The maximum atomic E-state index is 10.8. The third-order valence-electron chi connectivity index (χ3n) is 2.41. The van der Waals surface area contributed by atoms with Gasteiger partial charge in [0, 0.05) is 6.42 Å². The Kier molecular flexibility index (Phi) is 2.86. The van der Waals surface area contributed by atoms with E-state index in [0.717, 1.165) is 0 Å². The van der Waals surface area contributed by atoms with E-state index >= 15 is 0 Å². The number of nitrogens with two attached hydrogens (primary N) is 1. The molecule has 4 N–H and O–H groups in total. The van der Waals surface area contributed by atoms with Gasteiger partial charge < -0.3 is 20.7 Å². The van der Waals surface area contributed by atoms with Crippen molar-refractivity contribution in [1.29, 1.82) is 0 Å². The Bertz CT molecular complexity index is 393. The third kappa shape index (κ3) is 1.90. The van der Waals surface area contributed by atoms with Gasteiger partial charge in [0.25, 0.3) is 5.91 Å². The fourth-order valence-corrected chi connectivity index (χ4v) is 1.57. The molecule has 8 nitrogen and oxygen atoms in total. The molecule has 0 unspecified atom stereocenters. The Balaban J connectivity index is 2.11. The monoisotopic (exact) mass is 228 g/mol. The molecular weight excluding hydrogens is 216 g/mol. The van der Waals surface area contributed by atoms with Crippen molar-refractivity contribution in [2.45, 2.75) is 24.9 Å². The molecular formula is C8H12N4O4. The van der Waals surface area contributed by atoms with Gasteiger partial charge in [-0.05, 0) is 0 Å². The van der Waals surface area contributed by atoms with E-state index in [2.05, 4.69) is 10.1 Å². The number of carbonyl (C=O) groups excluding carboxylic acids is 1. The van der Waals surface area contributed by atoms with Crippen molar-refractivity contribution >= 4 is 5.91 Å². The van der Waals surface area contributed by atoms with E-state index in [1.165, 1.54) is 11.0 Å².